The number of carbonyl (C=O) groups is 1. The lowest BCUT2D eigenvalue weighted by Crippen LogP contribution is -2.08. The maximum absolute atomic E-state index is 11.8. The molecule has 1 aromatic rings. The molecule has 0 bridgehead atoms. The molecular formula is C21H35NO2. The van der Waals surface area contributed by atoms with Gasteiger partial charge < -0.3 is 9.64 Å². The summed E-state index contributed by atoms with van der Waals surface area (Å²) in [4.78, 5) is 13.8. The molecule has 0 atom stereocenters. The van der Waals surface area contributed by atoms with Gasteiger partial charge in [0.15, 0.2) is 0 Å². The van der Waals surface area contributed by atoms with Crippen LogP contribution in [0.25, 0.3) is 0 Å². The van der Waals surface area contributed by atoms with E-state index in [9.17, 15) is 4.79 Å². The van der Waals surface area contributed by atoms with Gasteiger partial charge in [-0.3, -0.25) is 4.79 Å². The van der Waals surface area contributed by atoms with E-state index < -0.39 is 0 Å². The lowest BCUT2D eigenvalue weighted by atomic mass is 10.1. The average molecular weight is 334 g/mol. The predicted octanol–water partition coefficient (Wildman–Crippen LogP) is 5.72. The van der Waals surface area contributed by atoms with E-state index >= 15 is 0 Å². The predicted molar refractivity (Wildman–Crippen MR) is 102 cm³/mol. The molecule has 0 aliphatic rings. The summed E-state index contributed by atoms with van der Waals surface area (Å²) >= 11 is 0. The summed E-state index contributed by atoms with van der Waals surface area (Å²) in [5, 5.41) is 0. The van der Waals surface area contributed by atoms with Crippen LogP contribution in [-0.4, -0.2) is 20.1 Å². The smallest absolute Gasteiger partial charge is 0.306 e. The van der Waals surface area contributed by atoms with Crippen LogP contribution in [0.1, 0.15) is 76.7 Å². The summed E-state index contributed by atoms with van der Waals surface area (Å²) < 4.78 is 5.35. The van der Waals surface area contributed by atoms with Crippen LogP contribution in [0, 0.1) is 0 Å². The third-order valence-electron chi connectivity index (χ3n) is 4.34. The first-order valence-corrected chi connectivity index (χ1v) is 9.55. The molecule has 3 nitrogen and oxygen atoms in total. The Balaban J connectivity index is 2.02. The van der Waals surface area contributed by atoms with Crippen molar-refractivity contribution in [2.24, 2.45) is 0 Å². The van der Waals surface area contributed by atoms with Crippen molar-refractivity contribution in [3.63, 3.8) is 0 Å². The molecule has 1 rings (SSSR count). The largest absolute Gasteiger partial charge is 0.461 e. The lowest BCUT2D eigenvalue weighted by Gasteiger charge is -2.12. The Morgan fingerprint density at radius 1 is 0.875 bits per heavy atom. The van der Waals surface area contributed by atoms with E-state index in [1.54, 1.807) is 0 Å². The molecule has 0 radical (unpaired) electrons. The van der Waals surface area contributed by atoms with Crippen molar-refractivity contribution >= 4 is 11.7 Å². The Morgan fingerprint density at radius 2 is 1.42 bits per heavy atom. The summed E-state index contributed by atoms with van der Waals surface area (Å²) in [5.41, 5.74) is 2.20. The Kier molecular flexibility index (Phi) is 11.0. The number of hydrogen-bond donors (Lipinski definition) is 0. The first-order chi connectivity index (χ1) is 11.6. The van der Waals surface area contributed by atoms with Crippen LogP contribution in [0.4, 0.5) is 5.69 Å². The SMILES string of the molecule is CCCCCCCCCCCC(=O)OCc1ccc(N(C)C)cc1. The molecule has 0 spiro atoms. The van der Waals surface area contributed by atoms with Crippen LogP contribution in [0.3, 0.4) is 0 Å². The fourth-order valence-electron chi connectivity index (χ4n) is 2.71. The van der Waals surface area contributed by atoms with Crippen molar-refractivity contribution in [2.45, 2.75) is 77.7 Å². The van der Waals surface area contributed by atoms with Crippen LogP contribution in [0.5, 0.6) is 0 Å². The molecule has 0 N–H and O–H groups in total. The van der Waals surface area contributed by atoms with Crippen LogP contribution in [0.2, 0.25) is 0 Å². The minimum atomic E-state index is -0.0744. The first-order valence-electron chi connectivity index (χ1n) is 9.55. The molecule has 0 amide bonds. The van der Waals surface area contributed by atoms with E-state index in [4.69, 9.17) is 4.74 Å². The van der Waals surface area contributed by atoms with E-state index in [-0.39, 0.29) is 5.97 Å². The summed E-state index contributed by atoms with van der Waals surface area (Å²) in [6, 6.07) is 8.12. The van der Waals surface area contributed by atoms with Gasteiger partial charge in [-0.05, 0) is 24.1 Å². The monoisotopic (exact) mass is 333 g/mol. The van der Waals surface area contributed by atoms with Gasteiger partial charge in [0.25, 0.3) is 0 Å². The highest BCUT2D eigenvalue weighted by atomic mass is 16.5. The van der Waals surface area contributed by atoms with Gasteiger partial charge in [-0.2, -0.15) is 0 Å². The van der Waals surface area contributed by atoms with E-state index in [1.807, 2.05) is 38.4 Å². The molecular weight excluding hydrogens is 298 g/mol. The van der Waals surface area contributed by atoms with E-state index in [0.29, 0.717) is 13.0 Å². The Morgan fingerprint density at radius 3 is 1.96 bits per heavy atom. The molecule has 0 unspecified atom stereocenters. The van der Waals surface area contributed by atoms with Gasteiger partial charge in [0, 0.05) is 26.2 Å². The topological polar surface area (TPSA) is 29.5 Å². The van der Waals surface area contributed by atoms with Gasteiger partial charge in [0.05, 0.1) is 0 Å². The molecule has 136 valence electrons. The number of ether oxygens (including phenoxy) is 1. The molecule has 0 aliphatic heterocycles. The molecule has 1 aromatic carbocycles. The highest BCUT2D eigenvalue weighted by Gasteiger charge is 2.04. The Labute approximate surface area is 148 Å². The summed E-state index contributed by atoms with van der Waals surface area (Å²) in [6.45, 7) is 2.63. The van der Waals surface area contributed by atoms with Gasteiger partial charge >= 0.3 is 5.97 Å². The Bertz CT molecular complexity index is 440. The maximum atomic E-state index is 11.8. The van der Waals surface area contributed by atoms with Gasteiger partial charge in [0.1, 0.15) is 6.61 Å². The van der Waals surface area contributed by atoms with Crippen molar-refractivity contribution in [2.75, 3.05) is 19.0 Å². The van der Waals surface area contributed by atoms with E-state index in [0.717, 1.165) is 24.1 Å². The zero-order valence-corrected chi connectivity index (χ0v) is 15.9. The number of nitrogens with zero attached hydrogens (tertiary/aromatic N) is 1. The van der Waals surface area contributed by atoms with Crippen molar-refractivity contribution in [1.29, 1.82) is 0 Å². The molecule has 0 fully saturated rings. The zero-order chi connectivity index (χ0) is 17.6. The van der Waals surface area contributed by atoms with Crippen LogP contribution in [0.15, 0.2) is 24.3 Å². The molecule has 0 heterocycles. The van der Waals surface area contributed by atoms with Gasteiger partial charge in [-0.1, -0.05) is 70.4 Å². The molecule has 3 heteroatoms. The quantitative estimate of drug-likeness (QED) is 0.342. The molecule has 24 heavy (non-hydrogen) atoms. The molecule has 0 saturated carbocycles. The second kappa shape index (κ2) is 12.9. The second-order valence-electron chi connectivity index (χ2n) is 6.80. The highest BCUT2D eigenvalue weighted by molar-refractivity contribution is 5.69. The fraction of sp³-hybridized carbons (Fsp3) is 0.667. The maximum Gasteiger partial charge on any atom is 0.306 e. The van der Waals surface area contributed by atoms with Crippen molar-refractivity contribution in [3.05, 3.63) is 29.8 Å². The van der Waals surface area contributed by atoms with Gasteiger partial charge in [-0.25, -0.2) is 0 Å². The van der Waals surface area contributed by atoms with Gasteiger partial charge in [-0.15, -0.1) is 0 Å². The zero-order valence-electron chi connectivity index (χ0n) is 15.9. The number of rotatable bonds is 13. The van der Waals surface area contributed by atoms with Gasteiger partial charge in [0.2, 0.25) is 0 Å². The summed E-state index contributed by atoms with van der Waals surface area (Å²) in [7, 11) is 4.03. The van der Waals surface area contributed by atoms with Crippen LogP contribution >= 0.6 is 0 Å². The number of carbonyl (C=O) groups excluding carboxylic acids is 1. The average Bonchev–Trinajstić information content (AvgIpc) is 2.59. The number of anilines is 1. The first kappa shape index (κ1) is 20.5. The second-order valence-corrected chi connectivity index (χ2v) is 6.80. The number of hydrogen-bond acceptors (Lipinski definition) is 3. The number of benzene rings is 1. The molecule has 0 aliphatic carbocycles. The molecule has 0 aromatic heterocycles. The lowest BCUT2D eigenvalue weighted by molar-refractivity contribution is -0.145. The summed E-state index contributed by atoms with van der Waals surface area (Å²) in [6.07, 6.45) is 11.9. The Hall–Kier alpha value is -1.51. The minimum Gasteiger partial charge on any atom is -0.461 e. The fourth-order valence-corrected chi connectivity index (χ4v) is 2.71. The standard InChI is InChI=1S/C21H35NO2/c1-4-5-6-7-8-9-10-11-12-13-21(23)24-18-19-14-16-20(17-15-19)22(2)3/h14-17H,4-13,18H2,1-3H3. The summed E-state index contributed by atoms with van der Waals surface area (Å²) in [5.74, 6) is -0.0744. The third-order valence-corrected chi connectivity index (χ3v) is 4.34. The van der Waals surface area contributed by atoms with E-state index in [1.165, 1.54) is 44.9 Å². The van der Waals surface area contributed by atoms with Crippen molar-refractivity contribution in [3.8, 4) is 0 Å². The van der Waals surface area contributed by atoms with Crippen LogP contribution in [-0.2, 0) is 16.1 Å². The van der Waals surface area contributed by atoms with Crippen molar-refractivity contribution < 1.29 is 9.53 Å². The molecule has 0 saturated heterocycles. The third kappa shape index (κ3) is 9.59. The van der Waals surface area contributed by atoms with Crippen LogP contribution < -0.4 is 4.90 Å². The normalized spacial score (nSPS) is 10.6. The number of esters is 1. The number of unbranched alkanes of at least 4 members (excludes halogenated alkanes) is 8. The van der Waals surface area contributed by atoms with E-state index in [2.05, 4.69) is 11.8 Å². The highest BCUT2D eigenvalue weighted by Crippen LogP contribution is 2.14. The minimum absolute atomic E-state index is 0.0744. The van der Waals surface area contributed by atoms with Crippen molar-refractivity contribution in [1.82, 2.24) is 0 Å².